The Hall–Kier alpha value is -1.63. The maximum absolute atomic E-state index is 12.0. The van der Waals surface area contributed by atoms with Gasteiger partial charge in [-0.2, -0.15) is 8.42 Å². The molecule has 0 fully saturated rings. The fourth-order valence-electron chi connectivity index (χ4n) is 1.28. The SMILES string of the molecule is CCc1nccn1S(=O)(=O)c1cnc[nH]1. The molecule has 1 N–H and O–H groups in total. The number of hydrogen-bond acceptors (Lipinski definition) is 4. The summed E-state index contributed by atoms with van der Waals surface area (Å²) in [6.45, 7) is 1.85. The molecule has 0 saturated heterocycles. The summed E-state index contributed by atoms with van der Waals surface area (Å²) in [4.78, 5) is 10.2. The van der Waals surface area contributed by atoms with E-state index in [9.17, 15) is 8.42 Å². The van der Waals surface area contributed by atoms with Crippen molar-refractivity contribution in [2.45, 2.75) is 18.4 Å². The standard InChI is InChI=1S/C8H10N4O2S/c1-2-7-10-3-4-12(7)15(13,14)8-5-9-6-11-8/h3-6H,2H2,1H3,(H,9,11). The van der Waals surface area contributed by atoms with Crippen molar-refractivity contribution in [2.75, 3.05) is 0 Å². The quantitative estimate of drug-likeness (QED) is 0.821. The molecule has 7 heteroatoms. The van der Waals surface area contributed by atoms with E-state index >= 15 is 0 Å². The maximum atomic E-state index is 12.0. The van der Waals surface area contributed by atoms with Crippen LogP contribution in [0.3, 0.4) is 0 Å². The van der Waals surface area contributed by atoms with E-state index in [1.54, 1.807) is 0 Å². The van der Waals surface area contributed by atoms with E-state index in [4.69, 9.17) is 0 Å². The van der Waals surface area contributed by atoms with Gasteiger partial charge in [-0.1, -0.05) is 6.92 Å². The molecule has 0 atom stereocenters. The summed E-state index contributed by atoms with van der Waals surface area (Å²) in [5.74, 6) is 0.504. The molecule has 0 spiro atoms. The lowest BCUT2D eigenvalue weighted by molar-refractivity contribution is 0.581. The Bertz CT molecular complexity index is 541. The number of nitrogens with one attached hydrogen (secondary N) is 1. The van der Waals surface area contributed by atoms with Gasteiger partial charge in [0, 0.05) is 18.8 Å². The molecule has 0 radical (unpaired) electrons. The Morgan fingerprint density at radius 2 is 2.33 bits per heavy atom. The minimum absolute atomic E-state index is 0.0650. The lowest BCUT2D eigenvalue weighted by Crippen LogP contribution is -2.15. The van der Waals surface area contributed by atoms with Gasteiger partial charge in [0.15, 0.2) is 5.03 Å². The Kier molecular flexibility index (Phi) is 2.31. The van der Waals surface area contributed by atoms with Gasteiger partial charge in [0.1, 0.15) is 5.82 Å². The number of aromatic amines is 1. The van der Waals surface area contributed by atoms with Crippen LogP contribution in [-0.2, 0) is 16.4 Å². The van der Waals surface area contributed by atoms with Gasteiger partial charge in [-0.3, -0.25) is 0 Å². The zero-order valence-electron chi connectivity index (χ0n) is 8.08. The van der Waals surface area contributed by atoms with Gasteiger partial charge in [-0.15, -0.1) is 0 Å². The molecule has 0 amide bonds. The van der Waals surface area contributed by atoms with Crippen molar-refractivity contribution < 1.29 is 8.42 Å². The van der Waals surface area contributed by atoms with Gasteiger partial charge in [0.05, 0.1) is 12.5 Å². The van der Waals surface area contributed by atoms with Crippen LogP contribution >= 0.6 is 0 Å². The molecule has 6 nitrogen and oxygen atoms in total. The topological polar surface area (TPSA) is 80.6 Å². The summed E-state index contributed by atoms with van der Waals surface area (Å²) >= 11 is 0. The van der Waals surface area contributed by atoms with Crippen LogP contribution in [0.4, 0.5) is 0 Å². The molecule has 0 aromatic carbocycles. The summed E-state index contributed by atoms with van der Waals surface area (Å²) in [5, 5.41) is 0.0650. The zero-order valence-corrected chi connectivity index (χ0v) is 8.90. The van der Waals surface area contributed by atoms with Crippen molar-refractivity contribution in [3.63, 3.8) is 0 Å². The minimum atomic E-state index is -3.56. The van der Waals surface area contributed by atoms with Gasteiger partial charge < -0.3 is 4.98 Å². The van der Waals surface area contributed by atoms with Crippen LogP contribution in [0.5, 0.6) is 0 Å². The molecule has 2 rings (SSSR count). The van der Waals surface area contributed by atoms with Crippen molar-refractivity contribution in [3.8, 4) is 0 Å². The van der Waals surface area contributed by atoms with Crippen LogP contribution < -0.4 is 0 Å². The van der Waals surface area contributed by atoms with E-state index in [1.165, 1.54) is 24.9 Å². The number of nitrogens with zero attached hydrogens (tertiary/aromatic N) is 3. The summed E-state index contributed by atoms with van der Waals surface area (Å²) in [5.41, 5.74) is 0. The highest BCUT2D eigenvalue weighted by Crippen LogP contribution is 2.11. The van der Waals surface area contributed by atoms with Crippen LogP contribution in [0, 0.1) is 0 Å². The molecule has 80 valence electrons. The first-order valence-corrected chi connectivity index (χ1v) is 5.86. The van der Waals surface area contributed by atoms with Crippen LogP contribution in [-0.4, -0.2) is 27.3 Å². The second kappa shape index (κ2) is 3.50. The Balaban J connectivity index is 2.56. The van der Waals surface area contributed by atoms with E-state index in [0.29, 0.717) is 12.2 Å². The first kappa shape index (κ1) is 9.91. The molecule has 0 aliphatic heterocycles. The average Bonchev–Trinajstić information content (AvgIpc) is 2.89. The number of imidazole rings is 2. The van der Waals surface area contributed by atoms with Crippen LogP contribution in [0.15, 0.2) is 29.9 Å². The van der Waals surface area contributed by atoms with Crippen LogP contribution in [0.1, 0.15) is 12.7 Å². The third-order valence-electron chi connectivity index (χ3n) is 2.01. The third-order valence-corrected chi connectivity index (χ3v) is 3.64. The maximum Gasteiger partial charge on any atom is 0.286 e. The molecule has 0 unspecified atom stereocenters. The summed E-state index contributed by atoms with van der Waals surface area (Å²) in [7, 11) is -3.56. The predicted molar refractivity (Wildman–Crippen MR) is 52.8 cm³/mol. The molecule has 2 aromatic heterocycles. The summed E-state index contributed by atoms with van der Waals surface area (Å²) in [6.07, 6.45) is 6.05. The highest BCUT2D eigenvalue weighted by Gasteiger charge is 2.20. The highest BCUT2D eigenvalue weighted by molar-refractivity contribution is 7.89. The average molecular weight is 226 g/mol. The fraction of sp³-hybridized carbons (Fsp3) is 0.250. The van der Waals surface area contributed by atoms with E-state index in [-0.39, 0.29) is 5.03 Å². The molecule has 15 heavy (non-hydrogen) atoms. The first-order chi connectivity index (χ1) is 7.16. The van der Waals surface area contributed by atoms with Gasteiger partial charge in [0.2, 0.25) is 0 Å². The van der Waals surface area contributed by atoms with Crippen molar-refractivity contribution in [1.82, 2.24) is 18.9 Å². The summed E-state index contributed by atoms with van der Waals surface area (Å²) < 4.78 is 25.1. The second-order valence-electron chi connectivity index (χ2n) is 2.91. The van der Waals surface area contributed by atoms with E-state index in [2.05, 4.69) is 15.0 Å². The van der Waals surface area contributed by atoms with E-state index < -0.39 is 10.0 Å². The predicted octanol–water partition coefficient (Wildman–Crippen LogP) is 0.406. The van der Waals surface area contributed by atoms with Crippen LogP contribution in [0.25, 0.3) is 0 Å². The highest BCUT2D eigenvalue weighted by atomic mass is 32.2. The lowest BCUT2D eigenvalue weighted by Gasteiger charge is -2.05. The first-order valence-electron chi connectivity index (χ1n) is 4.42. The largest absolute Gasteiger partial charge is 0.334 e. The van der Waals surface area contributed by atoms with Gasteiger partial charge in [-0.05, 0) is 0 Å². The van der Waals surface area contributed by atoms with Gasteiger partial charge in [-0.25, -0.2) is 13.9 Å². The fourth-order valence-corrected chi connectivity index (χ4v) is 2.55. The summed E-state index contributed by atoms with van der Waals surface area (Å²) in [6, 6.07) is 0. The monoisotopic (exact) mass is 226 g/mol. The second-order valence-corrected chi connectivity index (χ2v) is 4.70. The van der Waals surface area contributed by atoms with Gasteiger partial charge in [0.25, 0.3) is 10.0 Å². The Morgan fingerprint density at radius 1 is 1.53 bits per heavy atom. The number of aromatic nitrogens is 4. The van der Waals surface area contributed by atoms with Crippen LogP contribution in [0.2, 0.25) is 0 Å². The van der Waals surface area contributed by atoms with Crippen molar-refractivity contribution in [3.05, 3.63) is 30.7 Å². The molecule has 2 aromatic rings. The van der Waals surface area contributed by atoms with E-state index in [0.717, 1.165) is 3.97 Å². The van der Waals surface area contributed by atoms with Crippen molar-refractivity contribution in [1.29, 1.82) is 0 Å². The number of H-pyrrole nitrogens is 1. The molecule has 2 heterocycles. The number of aryl methyl sites for hydroxylation is 1. The molecule has 0 aliphatic carbocycles. The number of hydrogen-bond donors (Lipinski definition) is 1. The minimum Gasteiger partial charge on any atom is -0.334 e. The molecule has 0 bridgehead atoms. The Morgan fingerprint density at radius 3 is 2.93 bits per heavy atom. The van der Waals surface area contributed by atoms with Crippen molar-refractivity contribution in [2.24, 2.45) is 0 Å². The lowest BCUT2D eigenvalue weighted by atomic mass is 10.5. The Labute approximate surface area is 87.0 Å². The normalized spacial score (nSPS) is 11.8. The number of rotatable bonds is 3. The smallest absolute Gasteiger partial charge is 0.286 e. The van der Waals surface area contributed by atoms with E-state index in [1.807, 2.05) is 6.92 Å². The third kappa shape index (κ3) is 1.54. The van der Waals surface area contributed by atoms with Crippen molar-refractivity contribution >= 4 is 10.0 Å². The molecular weight excluding hydrogens is 216 g/mol. The molecule has 0 aliphatic rings. The zero-order chi connectivity index (χ0) is 10.9. The molecular formula is C8H10N4O2S. The molecule has 0 saturated carbocycles. The van der Waals surface area contributed by atoms with Gasteiger partial charge >= 0.3 is 0 Å².